The summed E-state index contributed by atoms with van der Waals surface area (Å²) in [6.45, 7) is 2.72. The molecule has 0 aromatic carbocycles. The first-order valence-corrected chi connectivity index (χ1v) is 4.85. The van der Waals surface area contributed by atoms with E-state index in [0.29, 0.717) is 11.7 Å². The predicted molar refractivity (Wildman–Crippen MR) is 50.7 cm³/mol. The smallest absolute Gasteiger partial charge is 0.234 e. The molecule has 0 aliphatic heterocycles. The highest BCUT2D eigenvalue weighted by molar-refractivity contribution is 7.99. The van der Waals surface area contributed by atoms with E-state index in [1.807, 2.05) is 6.92 Å². The van der Waals surface area contributed by atoms with Gasteiger partial charge >= 0.3 is 0 Å². The number of methoxy groups -OCH3 is 1. The number of hydrogen-bond acceptors (Lipinski definition) is 4. The quantitative estimate of drug-likeness (QED) is 0.272. The van der Waals surface area contributed by atoms with Crippen LogP contribution in [0.15, 0.2) is 0 Å². The summed E-state index contributed by atoms with van der Waals surface area (Å²) >= 11 is 1.70. The number of rotatable bonds is 6. The molecule has 3 N–H and O–H groups in total. The van der Waals surface area contributed by atoms with Gasteiger partial charge in [0.2, 0.25) is 5.91 Å². The summed E-state index contributed by atoms with van der Waals surface area (Å²) in [4.78, 5) is 10.8. The number of amides is 1. The van der Waals surface area contributed by atoms with E-state index >= 15 is 0 Å². The maximum Gasteiger partial charge on any atom is 0.234 e. The van der Waals surface area contributed by atoms with Gasteiger partial charge in [-0.05, 0) is 0 Å². The Hall–Kier alpha value is -0.260. The molecule has 0 aliphatic rings. The zero-order chi connectivity index (χ0) is 9.40. The van der Waals surface area contributed by atoms with Gasteiger partial charge in [-0.25, -0.2) is 5.84 Å². The molecule has 4 nitrogen and oxygen atoms in total. The van der Waals surface area contributed by atoms with Crippen LogP contribution in [0.1, 0.15) is 13.3 Å². The van der Waals surface area contributed by atoms with Crippen LogP contribution in [0, 0.1) is 0 Å². The first kappa shape index (κ1) is 11.7. The van der Waals surface area contributed by atoms with Crippen LogP contribution in [0.3, 0.4) is 0 Å². The van der Waals surface area contributed by atoms with E-state index in [0.717, 1.165) is 12.4 Å². The molecule has 0 radical (unpaired) electrons. The van der Waals surface area contributed by atoms with E-state index in [2.05, 4.69) is 5.43 Å². The molecule has 0 aromatic heterocycles. The van der Waals surface area contributed by atoms with Crippen molar-refractivity contribution in [2.75, 3.05) is 19.5 Å². The Kier molecular flexibility index (Phi) is 7.23. The van der Waals surface area contributed by atoms with E-state index in [1.165, 1.54) is 0 Å². The van der Waals surface area contributed by atoms with Crippen LogP contribution in [-0.4, -0.2) is 30.6 Å². The Morgan fingerprint density at radius 2 is 2.42 bits per heavy atom. The van der Waals surface area contributed by atoms with Crippen molar-refractivity contribution in [2.24, 2.45) is 5.84 Å². The molecule has 12 heavy (non-hydrogen) atoms. The van der Waals surface area contributed by atoms with Crippen molar-refractivity contribution in [1.29, 1.82) is 0 Å². The fourth-order valence-corrected chi connectivity index (χ4v) is 1.65. The Morgan fingerprint density at radius 3 is 2.92 bits per heavy atom. The SMILES string of the molecule is COCCSC(C)CC(=O)NN. The fourth-order valence-electron chi connectivity index (χ4n) is 0.712. The molecule has 0 spiro atoms. The summed E-state index contributed by atoms with van der Waals surface area (Å²) in [6.07, 6.45) is 0.463. The van der Waals surface area contributed by atoms with Crippen molar-refractivity contribution in [3.63, 3.8) is 0 Å². The van der Waals surface area contributed by atoms with Crippen molar-refractivity contribution in [3.8, 4) is 0 Å². The van der Waals surface area contributed by atoms with Crippen LogP contribution in [-0.2, 0) is 9.53 Å². The summed E-state index contributed by atoms with van der Waals surface area (Å²) in [7, 11) is 1.66. The van der Waals surface area contributed by atoms with Gasteiger partial charge < -0.3 is 4.74 Å². The lowest BCUT2D eigenvalue weighted by Crippen LogP contribution is -2.31. The van der Waals surface area contributed by atoms with Gasteiger partial charge in [0.15, 0.2) is 0 Å². The number of hydrogen-bond donors (Lipinski definition) is 2. The molecule has 0 aliphatic carbocycles. The maximum atomic E-state index is 10.8. The molecule has 0 bridgehead atoms. The van der Waals surface area contributed by atoms with Gasteiger partial charge in [0.25, 0.3) is 0 Å². The topological polar surface area (TPSA) is 64.3 Å². The van der Waals surface area contributed by atoms with Crippen LogP contribution in [0.5, 0.6) is 0 Å². The minimum absolute atomic E-state index is 0.118. The Labute approximate surface area is 77.2 Å². The number of carbonyl (C=O) groups is 1. The van der Waals surface area contributed by atoms with Gasteiger partial charge in [-0.1, -0.05) is 6.92 Å². The second kappa shape index (κ2) is 7.39. The zero-order valence-corrected chi connectivity index (χ0v) is 8.32. The number of carbonyl (C=O) groups excluding carboxylic acids is 1. The van der Waals surface area contributed by atoms with Gasteiger partial charge in [0.05, 0.1) is 6.61 Å². The highest BCUT2D eigenvalue weighted by Crippen LogP contribution is 2.12. The van der Waals surface area contributed by atoms with Crippen molar-refractivity contribution in [2.45, 2.75) is 18.6 Å². The van der Waals surface area contributed by atoms with Gasteiger partial charge in [0.1, 0.15) is 0 Å². The van der Waals surface area contributed by atoms with Crippen molar-refractivity contribution < 1.29 is 9.53 Å². The molecule has 1 unspecified atom stereocenters. The van der Waals surface area contributed by atoms with Crippen molar-refractivity contribution in [3.05, 3.63) is 0 Å². The number of thioether (sulfide) groups is 1. The molecule has 0 saturated heterocycles. The van der Waals surface area contributed by atoms with E-state index < -0.39 is 0 Å². The Morgan fingerprint density at radius 1 is 1.75 bits per heavy atom. The van der Waals surface area contributed by atoms with E-state index in [4.69, 9.17) is 10.6 Å². The first-order chi connectivity index (χ1) is 5.70. The molecule has 0 saturated carbocycles. The first-order valence-electron chi connectivity index (χ1n) is 3.80. The largest absolute Gasteiger partial charge is 0.384 e. The Bertz CT molecular complexity index is 133. The van der Waals surface area contributed by atoms with Gasteiger partial charge in [-0.15, -0.1) is 0 Å². The normalized spacial score (nSPS) is 12.6. The van der Waals surface area contributed by atoms with Crippen LogP contribution in [0.25, 0.3) is 0 Å². The highest BCUT2D eigenvalue weighted by atomic mass is 32.2. The zero-order valence-electron chi connectivity index (χ0n) is 7.50. The average molecular weight is 192 g/mol. The molecule has 0 heterocycles. The average Bonchev–Trinajstić information content (AvgIpc) is 2.05. The van der Waals surface area contributed by atoms with E-state index in [1.54, 1.807) is 18.9 Å². The molecular weight excluding hydrogens is 176 g/mol. The monoisotopic (exact) mass is 192 g/mol. The lowest BCUT2D eigenvalue weighted by molar-refractivity contribution is -0.121. The lowest BCUT2D eigenvalue weighted by atomic mass is 10.3. The summed E-state index contributed by atoms with van der Waals surface area (Å²) in [5.41, 5.74) is 2.10. The number of nitrogens with one attached hydrogen (secondary N) is 1. The molecule has 0 rings (SSSR count). The summed E-state index contributed by atoms with van der Waals surface area (Å²) in [5, 5.41) is 0.295. The predicted octanol–water partition coefficient (Wildman–Crippen LogP) is 0.135. The third kappa shape index (κ3) is 6.45. The van der Waals surface area contributed by atoms with Crippen molar-refractivity contribution in [1.82, 2.24) is 5.43 Å². The molecule has 1 amide bonds. The molecular formula is C7H16N2O2S. The lowest BCUT2D eigenvalue weighted by Gasteiger charge is -2.08. The van der Waals surface area contributed by atoms with E-state index in [9.17, 15) is 4.79 Å². The van der Waals surface area contributed by atoms with Crippen molar-refractivity contribution >= 4 is 17.7 Å². The molecule has 5 heteroatoms. The number of ether oxygens (including phenoxy) is 1. The minimum atomic E-state index is -0.118. The fraction of sp³-hybridized carbons (Fsp3) is 0.857. The van der Waals surface area contributed by atoms with Crippen LogP contribution in [0.2, 0.25) is 0 Å². The summed E-state index contributed by atoms with van der Waals surface area (Å²) < 4.78 is 4.88. The molecule has 72 valence electrons. The number of hydrazine groups is 1. The van der Waals surface area contributed by atoms with Crippen LogP contribution >= 0.6 is 11.8 Å². The second-order valence-corrected chi connectivity index (χ2v) is 3.99. The van der Waals surface area contributed by atoms with Crippen LogP contribution < -0.4 is 11.3 Å². The summed E-state index contributed by atoms with van der Waals surface area (Å²) in [6, 6.07) is 0. The second-order valence-electron chi connectivity index (χ2n) is 2.45. The highest BCUT2D eigenvalue weighted by Gasteiger charge is 2.07. The van der Waals surface area contributed by atoms with Gasteiger partial charge in [0, 0.05) is 24.5 Å². The third-order valence-corrected chi connectivity index (χ3v) is 2.46. The van der Waals surface area contributed by atoms with E-state index in [-0.39, 0.29) is 5.91 Å². The standard InChI is InChI=1S/C7H16N2O2S/c1-6(5-7(10)9-8)12-4-3-11-2/h6H,3-5,8H2,1-2H3,(H,9,10). The maximum absolute atomic E-state index is 10.8. The number of nitrogens with two attached hydrogens (primary N) is 1. The molecule has 0 aromatic rings. The molecule has 0 fully saturated rings. The molecule has 1 atom stereocenters. The summed E-state index contributed by atoms with van der Waals surface area (Å²) in [5.74, 6) is 5.74. The Balaban J connectivity index is 3.32. The van der Waals surface area contributed by atoms with Crippen LogP contribution in [0.4, 0.5) is 0 Å². The minimum Gasteiger partial charge on any atom is -0.384 e. The van der Waals surface area contributed by atoms with Gasteiger partial charge in [-0.2, -0.15) is 11.8 Å². The van der Waals surface area contributed by atoms with Gasteiger partial charge in [-0.3, -0.25) is 10.2 Å². The third-order valence-electron chi connectivity index (χ3n) is 1.32.